The average Bonchev–Trinajstić information content (AvgIpc) is 2.75. The van der Waals surface area contributed by atoms with Crippen molar-refractivity contribution in [3.05, 3.63) is 24.3 Å². The number of methoxy groups -OCH3 is 1. The first-order valence-corrected chi connectivity index (χ1v) is 4.68. The van der Waals surface area contributed by atoms with Crippen molar-refractivity contribution >= 4 is 17.7 Å². The fourth-order valence-electron chi connectivity index (χ4n) is 1.37. The van der Waals surface area contributed by atoms with Crippen LogP contribution in [0.4, 0.5) is 17.7 Å². The number of nitrogens with zero attached hydrogens (tertiary/aromatic N) is 3. The van der Waals surface area contributed by atoms with E-state index < -0.39 is 0 Å². The van der Waals surface area contributed by atoms with Gasteiger partial charge in [0.15, 0.2) is 0 Å². The van der Waals surface area contributed by atoms with Crippen molar-refractivity contribution in [1.29, 1.82) is 0 Å². The Morgan fingerprint density at radius 2 is 2.06 bits per heavy atom. The van der Waals surface area contributed by atoms with Gasteiger partial charge in [-0.15, -0.1) is 0 Å². The molecule has 0 unspecified atom stereocenters. The van der Waals surface area contributed by atoms with Crippen LogP contribution in [-0.2, 0) is 0 Å². The highest BCUT2D eigenvalue weighted by Gasteiger charge is 2.14. The van der Waals surface area contributed by atoms with E-state index in [1.54, 1.807) is 19.1 Å². The molecule has 0 bridgehead atoms. The van der Waals surface area contributed by atoms with E-state index in [4.69, 9.17) is 14.9 Å². The van der Waals surface area contributed by atoms with Crippen LogP contribution in [0.5, 0.6) is 5.75 Å². The quantitative estimate of drug-likeness (QED) is 0.843. The van der Waals surface area contributed by atoms with Gasteiger partial charge in [0, 0.05) is 7.05 Å². The van der Waals surface area contributed by atoms with Crippen LogP contribution in [0.2, 0.25) is 0 Å². The molecule has 2 rings (SSSR count). The highest BCUT2D eigenvalue weighted by atomic mass is 16.5. The van der Waals surface area contributed by atoms with E-state index in [1.807, 2.05) is 24.3 Å². The molecule has 0 aliphatic heterocycles. The van der Waals surface area contributed by atoms with Crippen molar-refractivity contribution in [2.75, 3.05) is 24.8 Å². The molecule has 0 amide bonds. The molecule has 1 aromatic heterocycles. The van der Waals surface area contributed by atoms with Gasteiger partial charge in [0.25, 0.3) is 0 Å². The summed E-state index contributed by atoms with van der Waals surface area (Å²) >= 11 is 0. The van der Waals surface area contributed by atoms with Gasteiger partial charge in [-0.25, -0.2) is 0 Å². The molecule has 6 heteroatoms. The maximum absolute atomic E-state index is 5.37. The van der Waals surface area contributed by atoms with Crippen LogP contribution in [0.25, 0.3) is 0 Å². The van der Waals surface area contributed by atoms with Crippen LogP contribution >= 0.6 is 0 Å². The van der Waals surface area contributed by atoms with Crippen LogP contribution in [-0.4, -0.2) is 24.4 Å². The van der Waals surface area contributed by atoms with E-state index in [2.05, 4.69) is 10.2 Å². The second kappa shape index (κ2) is 4.09. The van der Waals surface area contributed by atoms with Gasteiger partial charge < -0.3 is 14.9 Å². The fourth-order valence-corrected chi connectivity index (χ4v) is 1.37. The molecular weight excluding hydrogens is 208 g/mol. The van der Waals surface area contributed by atoms with E-state index in [0.29, 0.717) is 6.01 Å². The molecule has 0 saturated heterocycles. The van der Waals surface area contributed by atoms with Gasteiger partial charge in [-0.3, -0.25) is 4.90 Å². The average molecular weight is 220 g/mol. The van der Waals surface area contributed by atoms with Crippen LogP contribution < -0.4 is 15.4 Å². The van der Waals surface area contributed by atoms with Gasteiger partial charge >= 0.3 is 12.0 Å². The number of anilines is 3. The zero-order valence-electron chi connectivity index (χ0n) is 9.04. The Hall–Kier alpha value is -2.24. The van der Waals surface area contributed by atoms with Crippen molar-refractivity contribution in [1.82, 2.24) is 10.2 Å². The molecule has 1 heterocycles. The van der Waals surface area contributed by atoms with Gasteiger partial charge in [-0.1, -0.05) is 22.3 Å². The molecular formula is C10H12N4O2. The number of hydrogen-bond acceptors (Lipinski definition) is 6. The molecule has 0 atom stereocenters. The first kappa shape index (κ1) is 10.3. The lowest BCUT2D eigenvalue weighted by atomic mass is 10.3. The minimum atomic E-state index is 0.0387. The number of benzene rings is 1. The molecule has 0 aliphatic carbocycles. The van der Waals surface area contributed by atoms with Crippen LogP contribution in [0.3, 0.4) is 0 Å². The Morgan fingerprint density at radius 3 is 2.69 bits per heavy atom. The lowest BCUT2D eigenvalue weighted by Gasteiger charge is -2.16. The van der Waals surface area contributed by atoms with Crippen molar-refractivity contribution < 1.29 is 9.15 Å². The lowest BCUT2D eigenvalue weighted by Crippen LogP contribution is -2.11. The predicted molar refractivity (Wildman–Crippen MR) is 59.8 cm³/mol. The molecule has 16 heavy (non-hydrogen) atoms. The van der Waals surface area contributed by atoms with Crippen molar-refractivity contribution in [2.24, 2.45) is 0 Å². The molecule has 6 nitrogen and oxygen atoms in total. The molecule has 0 spiro atoms. The molecule has 2 N–H and O–H groups in total. The largest absolute Gasteiger partial charge is 0.495 e. The zero-order valence-corrected chi connectivity index (χ0v) is 9.04. The third-order valence-corrected chi connectivity index (χ3v) is 2.16. The number of nitrogens with two attached hydrogens (primary N) is 1. The molecule has 84 valence electrons. The third kappa shape index (κ3) is 1.77. The summed E-state index contributed by atoms with van der Waals surface area (Å²) in [5.74, 6) is 0.724. The molecule has 2 aromatic rings. The molecule has 0 fully saturated rings. The molecule has 0 aliphatic rings. The van der Waals surface area contributed by atoms with E-state index >= 15 is 0 Å². The minimum Gasteiger partial charge on any atom is -0.495 e. The van der Waals surface area contributed by atoms with Gasteiger partial charge in [-0.2, -0.15) is 0 Å². The summed E-state index contributed by atoms with van der Waals surface area (Å²) in [4.78, 5) is 1.71. The summed E-state index contributed by atoms with van der Waals surface area (Å²) in [5.41, 5.74) is 6.19. The lowest BCUT2D eigenvalue weighted by molar-refractivity contribution is 0.415. The second-order valence-electron chi connectivity index (χ2n) is 3.15. The summed E-state index contributed by atoms with van der Waals surface area (Å²) < 4.78 is 10.4. The maximum Gasteiger partial charge on any atom is 0.323 e. The van der Waals surface area contributed by atoms with E-state index in [0.717, 1.165) is 11.4 Å². The number of ether oxygens (including phenoxy) is 1. The topological polar surface area (TPSA) is 77.4 Å². The standard InChI is InChI=1S/C10H12N4O2/c1-14(10-13-12-9(11)16-10)7-5-3-4-6-8(7)15-2/h3-6H,1-2H3,(H2,11,12). The number of rotatable bonds is 3. The first-order valence-electron chi connectivity index (χ1n) is 4.68. The molecule has 0 saturated carbocycles. The monoisotopic (exact) mass is 220 g/mol. The number of nitrogen functional groups attached to an aromatic ring is 1. The van der Waals surface area contributed by atoms with Crippen LogP contribution in [0.15, 0.2) is 28.7 Å². The predicted octanol–water partition coefficient (Wildman–Crippen LogP) is 1.43. The fraction of sp³-hybridized carbons (Fsp3) is 0.200. The maximum atomic E-state index is 5.37. The van der Waals surface area contributed by atoms with Crippen molar-refractivity contribution in [3.8, 4) is 5.75 Å². The van der Waals surface area contributed by atoms with Gasteiger partial charge in [-0.05, 0) is 12.1 Å². The first-order chi connectivity index (χ1) is 7.72. The third-order valence-electron chi connectivity index (χ3n) is 2.16. The van der Waals surface area contributed by atoms with Gasteiger partial charge in [0.1, 0.15) is 5.75 Å². The highest BCUT2D eigenvalue weighted by molar-refractivity contribution is 5.63. The van der Waals surface area contributed by atoms with Gasteiger partial charge in [0.05, 0.1) is 12.8 Å². The number of hydrogen-bond donors (Lipinski definition) is 1. The second-order valence-corrected chi connectivity index (χ2v) is 3.15. The molecule has 0 radical (unpaired) electrons. The van der Waals surface area contributed by atoms with Crippen LogP contribution in [0.1, 0.15) is 0 Å². The summed E-state index contributed by atoms with van der Waals surface area (Å²) in [7, 11) is 3.40. The Morgan fingerprint density at radius 1 is 1.31 bits per heavy atom. The van der Waals surface area contributed by atoms with Crippen LogP contribution in [0, 0.1) is 0 Å². The van der Waals surface area contributed by atoms with Crippen molar-refractivity contribution in [3.63, 3.8) is 0 Å². The van der Waals surface area contributed by atoms with E-state index in [9.17, 15) is 0 Å². The Bertz CT molecular complexity index is 483. The Kier molecular flexibility index (Phi) is 2.63. The summed E-state index contributed by atoms with van der Waals surface area (Å²) in [6, 6.07) is 7.88. The van der Waals surface area contributed by atoms with Gasteiger partial charge in [0.2, 0.25) is 0 Å². The number of aromatic nitrogens is 2. The summed E-state index contributed by atoms with van der Waals surface area (Å²) in [5, 5.41) is 7.39. The van der Waals surface area contributed by atoms with E-state index in [1.165, 1.54) is 0 Å². The smallest absolute Gasteiger partial charge is 0.323 e. The summed E-state index contributed by atoms with van der Waals surface area (Å²) in [6.07, 6.45) is 0. The minimum absolute atomic E-state index is 0.0387. The van der Waals surface area contributed by atoms with E-state index in [-0.39, 0.29) is 6.01 Å². The number of para-hydroxylation sites is 2. The normalized spacial score (nSPS) is 10.1. The zero-order chi connectivity index (χ0) is 11.5. The summed E-state index contributed by atoms with van der Waals surface area (Å²) in [6.45, 7) is 0. The molecule has 1 aromatic carbocycles. The Balaban J connectivity index is 2.36. The van der Waals surface area contributed by atoms with Crippen molar-refractivity contribution in [2.45, 2.75) is 0 Å². The highest BCUT2D eigenvalue weighted by Crippen LogP contribution is 2.31. The SMILES string of the molecule is COc1ccccc1N(C)c1nnc(N)o1. The Labute approximate surface area is 92.6 Å².